The van der Waals surface area contributed by atoms with Gasteiger partial charge in [0.25, 0.3) is 0 Å². The predicted molar refractivity (Wildman–Crippen MR) is 118 cm³/mol. The van der Waals surface area contributed by atoms with E-state index in [4.69, 9.17) is 9.57 Å². The van der Waals surface area contributed by atoms with Crippen molar-refractivity contribution in [1.29, 1.82) is 0 Å². The third-order valence-electron chi connectivity index (χ3n) is 5.06. The Kier molecular flexibility index (Phi) is 6.10. The molecule has 0 amide bonds. The molecule has 0 aliphatic heterocycles. The molecule has 4 nitrogen and oxygen atoms in total. The first-order chi connectivity index (χ1) is 14.3. The first kappa shape index (κ1) is 19.1. The smallest absolute Gasteiger partial charge is 0.134 e. The van der Waals surface area contributed by atoms with Crippen molar-refractivity contribution >= 4 is 11.4 Å². The molecule has 1 N–H and O–H groups in total. The lowest BCUT2D eigenvalue weighted by molar-refractivity contribution is 0.210. The predicted octanol–water partition coefficient (Wildman–Crippen LogP) is 5.61. The van der Waals surface area contributed by atoms with Gasteiger partial charge in [-0.3, -0.25) is 0 Å². The second-order valence-corrected chi connectivity index (χ2v) is 7.27. The third-order valence-corrected chi connectivity index (χ3v) is 5.06. The zero-order valence-electron chi connectivity index (χ0n) is 16.7. The molecule has 4 rings (SSSR count). The molecule has 0 bridgehead atoms. The number of hydrogen-bond donors (Lipinski definition) is 1. The third kappa shape index (κ3) is 5.38. The van der Waals surface area contributed by atoms with E-state index >= 15 is 0 Å². The molecule has 3 aromatic carbocycles. The highest BCUT2D eigenvalue weighted by Gasteiger charge is 2.22. The molecule has 0 radical (unpaired) electrons. The number of nitrogens with one attached hydrogen (secondary N) is 1. The molecular formula is C25H26N2O2. The maximum Gasteiger partial charge on any atom is 0.134 e. The Hall–Kier alpha value is -3.27. The standard InChI is InChI=1S/C25H26N2O2/c1-28-27-25(22-5-3-2-4-6-22)18-29-24-15-7-19(8-16-24)17-26-23-13-11-21(12-14-23)20-9-10-20/h2-8,11-16,20,26H,9-10,17-18H2,1H3/b27-25-. The summed E-state index contributed by atoms with van der Waals surface area (Å²) in [5.74, 6) is 1.61. The number of ether oxygens (including phenoxy) is 1. The van der Waals surface area contributed by atoms with Crippen molar-refractivity contribution in [2.75, 3.05) is 19.0 Å². The van der Waals surface area contributed by atoms with Crippen LogP contribution in [0.1, 0.15) is 35.4 Å². The second-order valence-electron chi connectivity index (χ2n) is 7.27. The maximum atomic E-state index is 5.90. The van der Waals surface area contributed by atoms with Crippen LogP contribution in [0.3, 0.4) is 0 Å². The Labute approximate surface area is 172 Å². The second kappa shape index (κ2) is 9.28. The van der Waals surface area contributed by atoms with Gasteiger partial charge in [-0.1, -0.05) is 59.8 Å². The normalized spacial score (nSPS) is 13.8. The average Bonchev–Trinajstić information content (AvgIpc) is 3.62. The van der Waals surface area contributed by atoms with E-state index in [9.17, 15) is 0 Å². The molecule has 1 aliphatic rings. The van der Waals surface area contributed by atoms with Gasteiger partial charge in [-0.05, 0) is 54.2 Å². The summed E-state index contributed by atoms with van der Waals surface area (Å²) < 4.78 is 5.90. The van der Waals surface area contributed by atoms with E-state index < -0.39 is 0 Å². The van der Waals surface area contributed by atoms with Gasteiger partial charge in [0, 0.05) is 17.8 Å². The average molecular weight is 386 g/mol. The van der Waals surface area contributed by atoms with Crippen LogP contribution in [0.5, 0.6) is 5.75 Å². The van der Waals surface area contributed by atoms with E-state index in [1.807, 2.05) is 42.5 Å². The maximum absolute atomic E-state index is 5.90. The van der Waals surface area contributed by atoms with Gasteiger partial charge < -0.3 is 14.9 Å². The van der Waals surface area contributed by atoms with Crippen LogP contribution in [0, 0.1) is 0 Å². The number of benzene rings is 3. The van der Waals surface area contributed by atoms with Crippen LogP contribution in [0.4, 0.5) is 5.69 Å². The molecule has 0 atom stereocenters. The summed E-state index contributed by atoms with van der Waals surface area (Å²) in [7, 11) is 1.55. The monoisotopic (exact) mass is 386 g/mol. The van der Waals surface area contributed by atoms with Crippen molar-refractivity contribution in [1.82, 2.24) is 0 Å². The number of nitrogens with zero attached hydrogens (tertiary/aromatic N) is 1. The van der Waals surface area contributed by atoms with Crippen LogP contribution in [0.25, 0.3) is 0 Å². The molecule has 4 heteroatoms. The van der Waals surface area contributed by atoms with E-state index in [2.05, 4.69) is 46.9 Å². The van der Waals surface area contributed by atoms with Gasteiger partial charge in [0.05, 0.1) is 0 Å². The van der Waals surface area contributed by atoms with Crippen LogP contribution in [0.2, 0.25) is 0 Å². The van der Waals surface area contributed by atoms with Gasteiger partial charge in [-0.25, -0.2) is 0 Å². The van der Waals surface area contributed by atoms with Crippen LogP contribution in [-0.2, 0) is 11.4 Å². The molecule has 1 aliphatic carbocycles. The largest absolute Gasteiger partial charge is 0.487 e. The minimum absolute atomic E-state index is 0.350. The fraction of sp³-hybridized carbons (Fsp3) is 0.240. The van der Waals surface area contributed by atoms with Gasteiger partial charge >= 0.3 is 0 Å². The Morgan fingerprint density at radius 1 is 0.931 bits per heavy atom. The molecular weight excluding hydrogens is 360 g/mol. The SMILES string of the molecule is CO/N=C(/COc1ccc(CNc2ccc(C3CC3)cc2)cc1)c1ccccc1. The number of rotatable bonds is 9. The summed E-state index contributed by atoms with van der Waals surface area (Å²) >= 11 is 0. The highest BCUT2D eigenvalue weighted by atomic mass is 16.6. The van der Waals surface area contributed by atoms with Gasteiger partial charge in [0.15, 0.2) is 0 Å². The number of oxime groups is 1. The van der Waals surface area contributed by atoms with E-state index in [0.29, 0.717) is 6.61 Å². The minimum Gasteiger partial charge on any atom is -0.487 e. The summed E-state index contributed by atoms with van der Waals surface area (Å²) in [6.45, 7) is 1.13. The summed E-state index contributed by atoms with van der Waals surface area (Å²) in [6, 6.07) is 26.9. The fourth-order valence-electron chi connectivity index (χ4n) is 3.25. The first-order valence-corrected chi connectivity index (χ1v) is 10.0. The van der Waals surface area contributed by atoms with Gasteiger partial charge in [-0.2, -0.15) is 0 Å². The quantitative estimate of drug-likeness (QED) is 0.384. The molecule has 0 unspecified atom stereocenters. The molecule has 0 heterocycles. The van der Waals surface area contributed by atoms with Crippen LogP contribution >= 0.6 is 0 Å². The minimum atomic E-state index is 0.350. The molecule has 148 valence electrons. The van der Waals surface area contributed by atoms with Crippen LogP contribution < -0.4 is 10.1 Å². The number of anilines is 1. The zero-order chi connectivity index (χ0) is 19.9. The lowest BCUT2D eigenvalue weighted by Gasteiger charge is -2.10. The van der Waals surface area contributed by atoms with Crippen LogP contribution in [-0.4, -0.2) is 19.4 Å². The summed E-state index contributed by atoms with van der Waals surface area (Å²) in [6.07, 6.45) is 2.68. The fourth-order valence-corrected chi connectivity index (χ4v) is 3.25. The highest BCUT2D eigenvalue weighted by molar-refractivity contribution is 6.01. The van der Waals surface area contributed by atoms with Crippen molar-refractivity contribution in [3.63, 3.8) is 0 Å². The molecule has 1 fully saturated rings. The summed E-state index contributed by atoms with van der Waals surface area (Å²) in [5.41, 5.74) is 5.57. The van der Waals surface area contributed by atoms with Gasteiger partial charge in [0.2, 0.25) is 0 Å². The van der Waals surface area contributed by atoms with Crippen molar-refractivity contribution in [3.05, 3.63) is 95.6 Å². The van der Waals surface area contributed by atoms with E-state index in [1.54, 1.807) is 7.11 Å². The Morgan fingerprint density at radius 2 is 1.66 bits per heavy atom. The summed E-state index contributed by atoms with van der Waals surface area (Å²) in [5, 5.41) is 7.57. The lowest BCUT2D eigenvalue weighted by atomic mass is 10.1. The Bertz CT molecular complexity index is 931. The van der Waals surface area contributed by atoms with Crippen molar-refractivity contribution < 1.29 is 9.57 Å². The molecule has 0 saturated heterocycles. The molecule has 0 aromatic heterocycles. The number of hydrogen-bond acceptors (Lipinski definition) is 4. The van der Waals surface area contributed by atoms with Crippen LogP contribution in [0.15, 0.2) is 84.0 Å². The van der Waals surface area contributed by atoms with E-state index in [1.165, 1.54) is 24.0 Å². The van der Waals surface area contributed by atoms with Gasteiger partial charge in [0.1, 0.15) is 25.2 Å². The summed E-state index contributed by atoms with van der Waals surface area (Å²) in [4.78, 5) is 4.96. The molecule has 1 saturated carbocycles. The lowest BCUT2D eigenvalue weighted by Crippen LogP contribution is -2.13. The highest BCUT2D eigenvalue weighted by Crippen LogP contribution is 2.40. The van der Waals surface area contributed by atoms with E-state index in [0.717, 1.165) is 35.2 Å². The van der Waals surface area contributed by atoms with E-state index in [-0.39, 0.29) is 0 Å². The first-order valence-electron chi connectivity index (χ1n) is 10.0. The molecule has 3 aromatic rings. The Balaban J connectivity index is 1.29. The van der Waals surface area contributed by atoms with Crippen molar-refractivity contribution in [2.45, 2.75) is 25.3 Å². The van der Waals surface area contributed by atoms with Crippen molar-refractivity contribution in [3.8, 4) is 5.75 Å². The Morgan fingerprint density at radius 3 is 2.31 bits per heavy atom. The molecule has 0 spiro atoms. The van der Waals surface area contributed by atoms with Gasteiger partial charge in [-0.15, -0.1) is 0 Å². The molecule has 29 heavy (non-hydrogen) atoms. The zero-order valence-corrected chi connectivity index (χ0v) is 16.7. The topological polar surface area (TPSA) is 42.9 Å². The van der Waals surface area contributed by atoms with Crippen molar-refractivity contribution in [2.24, 2.45) is 5.16 Å².